The van der Waals surface area contributed by atoms with Gasteiger partial charge in [0.1, 0.15) is 11.5 Å². The van der Waals surface area contributed by atoms with Crippen LogP contribution in [0, 0.1) is 0 Å². The molecule has 1 aliphatic rings. The monoisotopic (exact) mass is 367 g/mol. The molecule has 2 aromatic carbocycles. The third-order valence-electron chi connectivity index (χ3n) is 5.00. The third kappa shape index (κ3) is 4.48. The number of methoxy groups -OCH3 is 2. The van der Waals surface area contributed by atoms with Crippen LogP contribution in [0.5, 0.6) is 11.5 Å². The number of ketones is 1. The highest BCUT2D eigenvalue weighted by Crippen LogP contribution is 2.26. The fourth-order valence-electron chi connectivity index (χ4n) is 3.44. The minimum absolute atomic E-state index is 0.0835. The maximum Gasteiger partial charge on any atom is 0.251 e. The molecular weight excluding hydrogens is 342 g/mol. The Morgan fingerprint density at radius 1 is 0.889 bits per heavy atom. The molecule has 1 aliphatic carbocycles. The summed E-state index contributed by atoms with van der Waals surface area (Å²) in [7, 11) is 3.08. The lowest BCUT2D eigenvalue weighted by atomic mass is 9.95. The van der Waals surface area contributed by atoms with Crippen molar-refractivity contribution < 1.29 is 19.1 Å². The van der Waals surface area contributed by atoms with Crippen molar-refractivity contribution in [3.63, 3.8) is 0 Å². The van der Waals surface area contributed by atoms with Crippen molar-refractivity contribution in [3.8, 4) is 11.5 Å². The maximum absolute atomic E-state index is 12.9. The van der Waals surface area contributed by atoms with Crippen LogP contribution in [-0.4, -0.2) is 32.0 Å². The molecule has 1 N–H and O–H groups in total. The average molecular weight is 367 g/mol. The Balaban J connectivity index is 1.75. The first kappa shape index (κ1) is 19.0. The molecule has 0 atom stereocenters. The summed E-state index contributed by atoms with van der Waals surface area (Å²) in [4.78, 5) is 25.3. The number of carbonyl (C=O) groups excluding carboxylic acids is 2. The second-order valence-corrected chi connectivity index (χ2v) is 6.78. The van der Waals surface area contributed by atoms with Crippen LogP contribution >= 0.6 is 0 Å². The van der Waals surface area contributed by atoms with E-state index in [1.165, 1.54) is 26.4 Å². The number of benzene rings is 2. The number of hydrogen-bond donors (Lipinski definition) is 1. The highest BCUT2D eigenvalue weighted by Gasteiger charge is 2.18. The zero-order valence-electron chi connectivity index (χ0n) is 15.8. The summed E-state index contributed by atoms with van der Waals surface area (Å²) >= 11 is 0. The second-order valence-electron chi connectivity index (χ2n) is 6.78. The highest BCUT2D eigenvalue weighted by atomic mass is 16.5. The van der Waals surface area contributed by atoms with E-state index in [1.54, 1.807) is 49.6 Å². The molecule has 2 aromatic rings. The van der Waals surface area contributed by atoms with Crippen LogP contribution in [0.15, 0.2) is 42.5 Å². The predicted molar refractivity (Wildman–Crippen MR) is 104 cm³/mol. The number of rotatable bonds is 6. The molecule has 5 nitrogen and oxygen atoms in total. The van der Waals surface area contributed by atoms with Crippen LogP contribution in [0.2, 0.25) is 0 Å². The van der Waals surface area contributed by atoms with Crippen LogP contribution in [0.3, 0.4) is 0 Å². The van der Waals surface area contributed by atoms with Crippen LogP contribution in [0.25, 0.3) is 0 Å². The molecule has 1 amide bonds. The minimum atomic E-state index is -0.176. The molecule has 0 spiro atoms. The van der Waals surface area contributed by atoms with Crippen molar-refractivity contribution in [2.45, 2.75) is 38.1 Å². The zero-order valence-corrected chi connectivity index (χ0v) is 15.8. The Labute approximate surface area is 159 Å². The van der Waals surface area contributed by atoms with Gasteiger partial charge in [-0.3, -0.25) is 9.59 Å². The van der Waals surface area contributed by atoms with Crippen molar-refractivity contribution in [1.82, 2.24) is 5.32 Å². The molecule has 5 heteroatoms. The van der Waals surface area contributed by atoms with Crippen molar-refractivity contribution >= 4 is 11.7 Å². The molecule has 0 heterocycles. The molecule has 0 bridgehead atoms. The predicted octanol–water partition coefficient (Wildman–Crippen LogP) is 4.00. The van der Waals surface area contributed by atoms with Crippen molar-refractivity contribution in [1.29, 1.82) is 0 Å². The average Bonchev–Trinajstić information content (AvgIpc) is 2.73. The summed E-state index contributed by atoms with van der Waals surface area (Å²) in [6, 6.07) is 12.1. The fourth-order valence-corrected chi connectivity index (χ4v) is 3.44. The lowest BCUT2D eigenvalue weighted by Gasteiger charge is -2.22. The van der Waals surface area contributed by atoms with Crippen molar-refractivity contribution in [2.75, 3.05) is 14.2 Å². The van der Waals surface area contributed by atoms with Gasteiger partial charge in [-0.05, 0) is 43.2 Å². The summed E-state index contributed by atoms with van der Waals surface area (Å²) in [5, 5.41) is 3.09. The molecule has 0 aliphatic heterocycles. The van der Waals surface area contributed by atoms with Gasteiger partial charge in [-0.25, -0.2) is 0 Å². The van der Waals surface area contributed by atoms with Gasteiger partial charge in [0, 0.05) is 17.2 Å². The quantitative estimate of drug-likeness (QED) is 0.784. The topological polar surface area (TPSA) is 64.6 Å². The van der Waals surface area contributed by atoms with Crippen LogP contribution < -0.4 is 14.8 Å². The van der Waals surface area contributed by atoms with E-state index in [9.17, 15) is 9.59 Å². The van der Waals surface area contributed by atoms with E-state index in [-0.39, 0.29) is 17.7 Å². The first-order chi connectivity index (χ1) is 13.1. The molecule has 1 saturated carbocycles. The van der Waals surface area contributed by atoms with Gasteiger partial charge in [0.05, 0.1) is 19.8 Å². The summed E-state index contributed by atoms with van der Waals surface area (Å²) in [6.45, 7) is 0. The van der Waals surface area contributed by atoms with E-state index in [0.29, 0.717) is 28.2 Å². The van der Waals surface area contributed by atoms with Gasteiger partial charge in [-0.2, -0.15) is 0 Å². The third-order valence-corrected chi connectivity index (χ3v) is 5.00. The molecular formula is C22H25NO4. The zero-order chi connectivity index (χ0) is 19.2. The lowest BCUT2D eigenvalue weighted by molar-refractivity contribution is 0.0926. The van der Waals surface area contributed by atoms with E-state index >= 15 is 0 Å². The number of carbonyl (C=O) groups is 2. The van der Waals surface area contributed by atoms with Crippen LogP contribution in [0.4, 0.5) is 0 Å². The maximum atomic E-state index is 12.9. The molecule has 0 unspecified atom stereocenters. The van der Waals surface area contributed by atoms with Crippen LogP contribution in [0.1, 0.15) is 58.4 Å². The molecule has 1 fully saturated rings. The smallest absolute Gasteiger partial charge is 0.251 e. The van der Waals surface area contributed by atoms with Gasteiger partial charge in [-0.1, -0.05) is 31.4 Å². The van der Waals surface area contributed by atoms with Gasteiger partial charge in [-0.15, -0.1) is 0 Å². The number of nitrogens with one attached hydrogen (secondary N) is 1. The first-order valence-corrected chi connectivity index (χ1v) is 9.30. The second kappa shape index (κ2) is 8.71. The normalized spacial score (nSPS) is 14.4. The summed E-state index contributed by atoms with van der Waals surface area (Å²) in [6.07, 6.45) is 5.66. The Hall–Kier alpha value is -2.82. The highest BCUT2D eigenvalue weighted by molar-refractivity contribution is 6.11. The Bertz CT molecular complexity index is 808. The molecule has 27 heavy (non-hydrogen) atoms. The van der Waals surface area contributed by atoms with E-state index in [1.807, 2.05) is 0 Å². The lowest BCUT2D eigenvalue weighted by Crippen LogP contribution is -2.36. The van der Waals surface area contributed by atoms with Gasteiger partial charge in [0.25, 0.3) is 5.91 Å². The number of hydrogen-bond acceptors (Lipinski definition) is 4. The van der Waals surface area contributed by atoms with Gasteiger partial charge >= 0.3 is 0 Å². The van der Waals surface area contributed by atoms with Crippen molar-refractivity contribution in [2.24, 2.45) is 0 Å². The largest absolute Gasteiger partial charge is 0.497 e. The van der Waals surface area contributed by atoms with Gasteiger partial charge in [0.15, 0.2) is 5.78 Å². The molecule has 142 valence electrons. The molecule has 0 radical (unpaired) electrons. The van der Waals surface area contributed by atoms with Gasteiger partial charge < -0.3 is 14.8 Å². The Morgan fingerprint density at radius 2 is 1.56 bits per heavy atom. The van der Waals surface area contributed by atoms with Gasteiger partial charge in [0.2, 0.25) is 0 Å². The summed E-state index contributed by atoms with van der Waals surface area (Å²) in [5.41, 5.74) is 1.49. The fraction of sp³-hybridized carbons (Fsp3) is 0.364. The number of amides is 1. The SMILES string of the molecule is COc1ccc(OC)c(C(=O)c2ccc(C(=O)NC3CCCCC3)cc2)c1. The molecule has 3 rings (SSSR count). The van der Waals surface area contributed by atoms with E-state index in [2.05, 4.69) is 5.32 Å². The van der Waals surface area contributed by atoms with E-state index in [0.717, 1.165) is 12.8 Å². The molecule has 0 aromatic heterocycles. The van der Waals surface area contributed by atoms with Crippen LogP contribution in [-0.2, 0) is 0 Å². The standard InChI is InChI=1S/C22H25NO4/c1-26-18-12-13-20(27-2)19(14-18)21(24)15-8-10-16(11-9-15)22(25)23-17-6-4-3-5-7-17/h8-14,17H,3-7H2,1-2H3,(H,23,25). The van der Waals surface area contributed by atoms with Crippen molar-refractivity contribution in [3.05, 3.63) is 59.2 Å². The Morgan fingerprint density at radius 3 is 2.19 bits per heavy atom. The summed E-state index contributed by atoms with van der Waals surface area (Å²) in [5.74, 6) is 0.812. The first-order valence-electron chi connectivity index (χ1n) is 9.30. The summed E-state index contributed by atoms with van der Waals surface area (Å²) < 4.78 is 10.5. The number of ether oxygens (including phenoxy) is 2. The van der Waals surface area contributed by atoms with E-state index in [4.69, 9.17) is 9.47 Å². The van der Waals surface area contributed by atoms with E-state index < -0.39 is 0 Å². The minimum Gasteiger partial charge on any atom is -0.497 e. The molecule has 0 saturated heterocycles. The Kier molecular flexibility index (Phi) is 6.12.